The molecule has 3 rings (SSSR count). The second-order valence-corrected chi connectivity index (χ2v) is 7.82. The summed E-state index contributed by atoms with van der Waals surface area (Å²) in [6.07, 6.45) is -0.701. The van der Waals surface area contributed by atoms with Gasteiger partial charge >= 0.3 is 6.09 Å². The van der Waals surface area contributed by atoms with Crippen LogP contribution in [0.25, 0.3) is 11.4 Å². The predicted octanol–water partition coefficient (Wildman–Crippen LogP) is 3.17. The lowest BCUT2D eigenvalue weighted by Crippen LogP contribution is -2.38. The molecule has 0 radical (unpaired) electrons. The Morgan fingerprint density at radius 2 is 2.03 bits per heavy atom. The molecule has 0 spiro atoms. The maximum atomic E-state index is 13.4. The van der Waals surface area contributed by atoms with E-state index in [0.717, 1.165) is 0 Å². The number of aromatic nitrogens is 2. The van der Waals surface area contributed by atoms with Gasteiger partial charge in [-0.05, 0) is 39.0 Å². The molecular formula is C22H29ClN4O5. The van der Waals surface area contributed by atoms with Gasteiger partial charge in [-0.1, -0.05) is 11.6 Å². The van der Waals surface area contributed by atoms with Gasteiger partial charge in [0.2, 0.25) is 0 Å². The lowest BCUT2D eigenvalue weighted by Gasteiger charge is -2.22. The number of carbonyl (C=O) groups excluding carboxylic acids is 1. The molecule has 0 aliphatic carbocycles. The van der Waals surface area contributed by atoms with Crippen LogP contribution in [0.3, 0.4) is 0 Å². The van der Waals surface area contributed by atoms with Gasteiger partial charge in [0.15, 0.2) is 0 Å². The molecule has 2 aromatic rings. The summed E-state index contributed by atoms with van der Waals surface area (Å²) in [7, 11) is 2.91. The SMILES string of the molecule is CCOC1CN(C(=O)OC)CC1Nc1c(C)nc(-c2ccc(OC)cc2Cl)n(CC)c1=O. The van der Waals surface area contributed by atoms with Crippen molar-refractivity contribution in [3.8, 4) is 17.1 Å². The number of likely N-dealkylation sites (tertiary alicyclic amines) is 1. The fourth-order valence-corrected chi connectivity index (χ4v) is 4.14. The quantitative estimate of drug-likeness (QED) is 0.672. The van der Waals surface area contributed by atoms with Gasteiger partial charge in [0.1, 0.15) is 17.3 Å². The highest BCUT2D eigenvalue weighted by Crippen LogP contribution is 2.30. The van der Waals surface area contributed by atoms with Gasteiger partial charge < -0.3 is 24.4 Å². The van der Waals surface area contributed by atoms with Crippen LogP contribution in [0.4, 0.5) is 10.5 Å². The molecule has 1 N–H and O–H groups in total. The third-order valence-electron chi connectivity index (χ3n) is 5.49. The monoisotopic (exact) mass is 464 g/mol. The fraction of sp³-hybridized carbons (Fsp3) is 0.500. The van der Waals surface area contributed by atoms with Crippen molar-refractivity contribution in [3.05, 3.63) is 39.3 Å². The topological polar surface area (TPSA) is 94.9 Å². The van der Waals surface area contributed by atoms with E-state index in [1.807, 2.05) is 13.8 Å². The van der Waals surface area contributed by atoms with Crippen LogP contribution in [-0.2, 0) is 16.0 Å². The number of benzene rings is 1. The molecule has 32 heavy (non-hydrogen) atoms. The number of methoxy groups -OCH3 is 2. The minimum Gasteiger partial charge on any atom is -0.497 e. The molecule has 0 bridgehead atoms. The Kier molecular flexibility index (Phi) is 7.63. The molecule has 1 amide bonds. The number of anilines is 1. The number of ether oxygens (including phenoxy) is 3. The van der Waals surface area contributed by atoms with E-state index < -0.39 is 6.09 Å². The summed E-state index contributed by atoms with van der Waals surface area (Å²) in [5, 5.41) is 3.73. The molecule has 1 fully saturated rings. The highest BCUT2D eigenvalue weighted by molar-refractivity contribution is 6.33. The van der Waals surface area contributed by atoms with Crippen molar-refractivity contribution >= 4 is 23.4 Å². The van der Waals surface area contributed by atoms with Crippen molar-refractivity contribution < 1.29 is 19.0 Å². The molecule has 2 heterocycles. The van der Waals surface area contributed by atoms with E-state index in [0.29, 0.717) is 59.8 Å². The molecule has 0 saturated carbocycles. The fourth-order valence-electron chi connectivity index (χ4n) is 3.89. The van der Waals surface area contributed by atoms with E-state index >= 15 is 0 Å². The van der Waals surface area contributed by atoms with Crippen LogP contribution in [0.5, 0.6) is 5.75 Å². The van der Waals surface area contributed by atoms with Gasteiger partial charge in [0, 0.05) is 25.3 Å². The summed E-state index contributed by atoms with van der Waals surface area (Å²) >= 11 is 6.45. The van der Waals surface area contributed by atoms with Gasteiger partial charge in [0.05, 0.1) is 43.6 Å². The summed E-state index contributed by atoms with van der Waals surface area (Å²) in [4.78, 5) is 31.7. The summed E-state index contributed by atoms with van der Waals surface area (Å²) < 4.78 is 17.4. The van der Waals surface area contributed by atoms with E-state index in [1.54, 1.807) is 41.7 Å². The number of nitrogens with one attached hydrogen (secondary N) is 1. The molecule has 174 valence electrons. The van der Waals surface area contributed by atoms with Crippen molar-refractivity contribution in [2.75, 3.05) is 39.2 Å². The third kappa shape index (κ3) is 4.68. The number of hydrogen-bond donors (Lipinski definition) is 1. The Labute approximate surface area is 192 Å². The smallest absolute Gasteiger partial charge is 0.409 e. The zero-order valence-corrected chi connectivity index (χ0v) is 19.7. The second-order valence-electron chi connectivity index (χ2n) is 7.41. The third-order valence-corrected chi connectivity index (χ3v) is 5.81. The zero-order chi connectivity index (χ0) is 23.4. The number of rotatable bonds is 7. The molecule has 1 aromatic heterocycles. The number of nitrogens with zero attached hydrogens (tertiary/aromatic N) is 3. The molecule has 1 aliphatic rings. The van der Waals surface area contributed by atoms with Gasteiger partial charge in [-0.15, -0.1) is 0 Å². The first kappa shape index (κ1) is 23.9. The maximum Gasteiger partial charge on any atom is 0.409 e. The normalized spacial score (nSPS) is 18.0. The standard InChI is InChI=1S/C22H29ClN4O5/c1-6-27-20(15-9-8-14(30-4)10-16(15)23)24-13(3)19(21(27)28)25-17-11-26(22(29)31-5)12-18(17)32-7-2/h8-10,17-18,25H,6-7,11-12H2,1-5H3. The van der Waals surface area contributed by atoms with Crippen molar-refractivity contribution in [1.82, 2.24) is 14.5 Å². The van der Waals surface area contributed by atoms with Gasteiger partial charge in [-0.2, -0.15) is 0 Å². The largest absolute Gasteiger partial charge is 0.497 e. The molecule has 2 unspecified atom stereocenters. The summed E-state index contributed by atoms with van der Waals surface area (Å²) in [6.45, 7) is 7.17. The average molecular weight is 465 g/mol. The number of halogens is 1. The van der Waals surface area contributed by atoms with Gasteiger partial charge in [-0.25, -0.2) is 9.78 Å². The highest BCUT2D eigenvalue weighted by Gasteiger charge is 2.37. The van der Waals surface area contributed by atoms with Crippen LogP contribution in [0, 0.1) is 6.92 Å². The summed E-state index contributed by atoms with van der Waals surface area (Å²) in [6, 6.07) is 4.99. The molecule has 2 atom stereocenters. The molecule has 1 aromatic carbocycles. The van der Waals surface area contributed by atoms with Gasteiger partial charge in [0.25, 0.3) is 5.56 Å². The molecule has 1 aliphatic heterocycles. The van der Waals surface area contributed by atoms with E-state index in [-0.39, 0.29) is 17.7 Å². The molecule has 1 saturated heterocycles. The second kappa shape index (κ2) is 10.2. The first-order valence-electron chi connectivity index (χ1n) is 10.5. The maximum absolute atomic E-state index is 13.4. The van der Waals surface area contributed by atoms with Crippen LogP contribution >= 0.6 is 11.6 Å². The molecule has 9 nitrogen and oxygen atoms in total. The van der Waals surface area contributed by atoms with Crippen LogP contribution < -0.4 is 15.6 Å². The minimum atomic E-state index is -0.427. The van der Waals surface area contributed by atoms with Crippen LogP contribution in [-0.4, -0.2) is 66.6 Å². The van der Waals surface area contributed by atoms with Crippen LogP contribution in [0.15, 0.2) is 23.0 Å². The van der Waals surface area contributed by atoms with E-state index in [1.165, 1.54) is 7.11 Å². The Hall–Kier alpha value is -2.78. The minimum absolute atomic E-state index is 0.214. The molecule has 10 heteroatoms. The lowest BCUT2D eigenvalue weighted by molar-refractivity contribution is 0.0614. The number of hydrogen-bond acceptors (Lipinski definition) is 7. The van der Waals surface area contributed by atoms with Crippen LogP contribution in [0.2, 0.25) is 5.02 Å². The van der Waals surface area contributed by atoms with Gasteiger partial charge in [-0.3, -0.25) is 9.36 Å². The first-order chi connectivity index (χ1) is 15.3. The van der Waals surface area contributed by atoms with Crippen molar-refractivity contribution in [1.29, 1.82) is 0 Å². The Bertz CT molecular complexity index is 1040. The number of amides is 1. The number of carbonyl (C=O) groups is 1. The first-order valence-corrected chi connectivity index (χ1v) is 10.9. The van der Waals surface area contributed by atoms with Crippen molar-refractivity contribution in [3.63, 3.8) is 0 Å². The van der Waals surface area contributed by atoms with E-state index in [2.05, 4.69) is 5.32 Å². The summed E-state index contributed by atoms with van der Waals surface area (Å²) in [5.41, 5.74) is 1.34. The zero-order valence-electron chi connectivity index (χ0n) is 19.0. The van der Waals surface area contributed by atoms with Crippen LogP contribution in [0.1, 0.15) is 19.5 Å². The van der Waals surface area contributed by atoms with E-state index in [9.17, 15) is 9.59 Å². The lowest BCUT2D eigenvalue weighted by atomic mass is 10.1. The van der Waals surface area contributed by atoms with Crippen molar-refractivity contribution in [2.24, 2.45) is 0 Å². The van der Waals surface area contributed by atoms with Crippen molar-refractivity contribution in [2.45, 2.75) is 39.5 Å². The predicted molar refractivity (Wildman–Crippen MR) is 123 cm³/mol. The molecular weight excluding hydrogens is 436 g/mol. The Morgan fingerprint density at radius 1 is 1.28 bits per heavy atom. The Morgan fingerprint density at radius 3 is 2.62 bits per heavy atom. The highest BCUT2D eigenvalue weighted by atomic mass is 35.5. The Balaban J connectivity index is 1.98. The van der Waals surface area contributed by atoms with E-state index in [4.69, 9.17) is 30.8 Å². The average Bonchev–Trinajstić information content (AvgIpc) is 3.18. The number of aryl methyl sites for hydroxylation is 1. The summed E-state index contributed by atoms with van der Waals surface area (Å²) in [5.74, 6) is 1.11.